The number of imidazole rings is 1. The molecule has 0 bridgehead atoms. The summed E-state index contributed by atoms with van der Waals surface area (Å²) in [6.45, 7) is 11.1. The molecule has 2 aromatic heterocycles. The Hall–Kier alpha value is -2.04. The van der Waals surface area contributed by atoms with E-state index in [4.69, 9.17) is 0 Å². The van der Waals surface area contributed by atoms with Crippen molar-refractivity contribution in [3.05, 3.63) is 29.7 Å². The number of carbonyl (C=O) groups is 1. The first-order valence-electron chi connectivity index (χ1n) is 6.75. The first-order chi connectivity index (χ1) is 9.25. The molecule has 0 unspecified atom stereocenters. The van der Waals surface area contributed by atoms with Gasteiger partial charge in [-0.25, -0.2) is 9.78 Å². The van der Waals surface area contributed by atoms with Gasteiger partial charge in [-0.05, 0) is 46.8 Å². The zero-order valence-electron chi connectivity index (χ0n) is 12.6. The Bertz CT molecular complexity index is 653. The average Bonchev–Trinajstić information content (AvgIpc) is 2.63. The second-order valence-electron chi connectivity index (χ2n) is 5.88. The number of fused-ring (bicyclic) bond motifs is 1. The van der Waals surface area contributed by atoms with Crippen LogP contribution < -0.4 is 4.90 Å². The zero-order chi connectivity index (χ0) is 15.1. The van der Waals surface area contributed by atoms with Crippen LogP contribution in [0, 0.1) is 6.92 Å². The minimum absolute atomic E-state index is 0.0263. The molecule has 1 N–H and O–H groups in total. The summed E-state index contributed by atoms with van der Waals surface area (Å²) >= 11 is 0. The van der Waals surface area contributed by atoms with Gasteiger partial charge in [0.05, 0.1) is 11.4 Å². The van der Waals surface area contributed by atoms with Gasteiger partial charge in [0.2, 0.25) is 0 Å². The predicted octanol–water partition coefficient (Wildman–Crippen LogP) is 2.97. The summed E-state index contributed by atoms with van der Waals surface area (Å²) in [5.74, 6) is -0.953. The molecule has 0 saturated heterocycles. The van der Waals surface area contributed by atoms with E-state index in [0.29, 0.717) is 11.3 Å². The van der Waals surface area contributed by atoms with Crippen molar-refractivity contribution in [2.75, 3.05) is 11.4 Å². The van der Waals surface area contributed by atoms with Crippen molar-refractivity contribution in [2.24, 2.45) is 0 Å². The highest BCUT2D eigenvalue weighted by molar-refractivity contribution is 5.88. The Morgan fingerprint density at radius 3 is 2.55 bits per heavy atom. The van der Waals surface area contributed by atoms with Gasteiger partial charge in [-0.1, -0.05) is 0 Å². The van der Waals surface area contributed by atoms with Crippen LogP contribution in [0.1, 0.15) is 43.9 Å². The lowest BCUT2D eigenvalue weighted by atomic mass is 10.1. The molecule has 0 aliphatic carbocycles. The largest absolute Gasteiger partial charge is 0.477 e. The quantitative estimate of drug-likeness (QED) is 0.935. The van der Waals surface area contributed by atoms with E-state index in [1.54, 1.807) is 11.3 Å². The van der Waals surface area contributed by atoms with Crippen LogP contribution in [-0.2, 0) is 0 Å². The Morgan fingerprint density at radius 2 is 2.05 bits per heavy atom. The summed E-state index contributed by atoms with van der Waals surface area (Å²) in [7, 11) is 0. The van der Waals surface area contributed by atoms with Gasteiger partial charge < -0.3 is 10.0 Å². The topological polar surface area (TPSA) is 57.8 Å². The summed E-state index contributed by atoms with van der Waals surface area (Å²) in [5, 5.41) is 9.32. The molecule has 0 fully saturated rings. The van der Waals surface area contributed by atoms with Crippen LogP contribution in [0.15, 0.2) is 18.3 Å². The minimum Gasteiger partial charge on any atom is -0.477 e. The van der Waals surface area contributed by atoms with Crippen molar-refractivity contribution in [2.45, 2.75) is 40.2 Å². The van der Waals surface area contributed by atoms with Crippen LogP contribution in [-0.4, -0.2) is 32.5 Å². The van der Waals surface area contributed by atoms with Crippen molar-refractivity contribution in [1.29, 1.82) is 0 Å². The van der Waals surface area contributed by atoms with Gasteiger partial charge >= 0.3 is 5.97 Å². The first kappa shape index (κ1) is 14.4. The molecule has 0 aromatic carbocycles. The van der Waals surface area contributed by atoms with Crippen LogP contribution in [0.25, 0.3) is 5.65 Å². The van der Waals surface area contributed by atoms with Gasteiger partial charge in [0, 0.05) is 18.3 Å². The van der Waals surface area contributed by atoms with E-state index >= 15 is 0 Å². The fraction of sp³-hybridized carbons (Fsp3) is 0.467. The second-order valence-corrected chi connectivity index (χ2v) is 5.88. The monoisotopic (exact) mass is 275 g/mol. The maximum absolute atomic E-state index is 11.4. The maximum Gasteiger partial charge on any atom is 0.354 e. The van der Waals surface area contributed by atoms with E-state index in [9.17, 15) is 9.90 Å². The number of aryl methyl sites for hydroxylation is 1. The van der Waals surface area contributed by atoms with Crippen LogP contribution in [0.5, 0.6) is 0 Å². The number of rotatable bonds is 3. The maximum atomic E-state index is 11.4. The van der Waals surface area contributed by atoms with Gasteiger partial charge in [-0.15, -0.1) is 0 Å². The molecule has 2 aromatic rings. The molecule has 5 nitrogen and oxygen atoms in total. The Balaban J connectivity index is 2.63. The summed E-state index contributed by atoms with van der Waals surface area (Å²) in [6, 6.07) is 3.85. The van der Waals surface area contributed by atoms with Crippen LogP contribution in [0.4, 0.5) is 5.69 Å². The van der Waals surface area contributed by atoms with Crippen molar-refractivity contribution >= 4 is 17.3 Å². The van der Waals surface area contributed by atoms with Crippen molar-refractivity contribution in [1.82, 2.24) is 9.38 Å². The highest BCUT2D eigenvalue weighted by Crippen LogP contribution is 2.25. The van der Waals surface area contributed by atoms with Crippen molar-refractivity contribution in [3.8, 4) is 0 Å². The van der Waals surface area contributed by atoms with Crippen molar-refractivity contribution < 1.29 is 9.90 Å². The SMILES string of the molecule is CCN(c1ccc2nc(C)c(C(=O)O)n2c1)C(C)(C)C. The Kier molecular flexibility index (Phi) is 3.46. The molecule has 0 aliphatic heterocycles. The minimum atomic E-state index is -0.953. The summed E-state index contributed by atoms with van der Waals surface area (Å²) < 4.78 is 1.65. The molecule has 108 valence electrons. The summed E-state index contributed by atoms with van der Waals surface area (Å²) in [5.41, 5.74) is 2.39. The number of aromatic nitrogens is 2. The van der Waals surface area contributed by atoms with Gasteiger partial charge in [0.25, 0.3) is 0 Å². The number of aromatic carboxylic acids is 1. The van der Waals surface area contributed by atoms with Gasteiger partial charge in [-0.2, -0.15) is 0 Å². The molecule has 0 saturated carbocycles. The third-order valence-electron chi connectivity index (χ3n) is 3.42. The zero-order valence-corrected chi connectivity index (χ0v) is 12.6. The molecule has 5 heteroatoms. The van der Waals surface area contributed by atoms with E-state index in [2.05, 4.69) is 37.6 Å². The molecule has 0 aliphatic rings. The molecule has 0 atom stereocenters. The van der Waals surface area contributed by atoms with Crippen LogP contribution in [0.3, 0.4) is 0 Å². The molecule has 20 heavy (non-hydrogen) atoms. The number of hydrogen-bond donors (Lipinski definition) is 1. The fourth-order valence-electron chi connectivity index (χ4n) is 2.61. The molecule has 2 heterocycles. The van der Waals surface area contributed by atoms with Gasteiger partial charge in [0.15, 0.2) is 5.69 Å². The highest BCUT2D eigenvalue weighted by atomic mass is 16.4. The summed E-state index contributed by atoms with van der Waals surface area (Å²) in [4.78, 5) is 17.9. The molecular weight excluding hydrogens is 254 g/mol. The third-order valence-corrected chi connectivity index (χ3v) is 3.42. The summed E-state index contributed by atoms with van der Waals surface area (Å²) in [6.07, 6.45) is 1.85. The van der Waals surface area contributed by atoms with E-state index in [1.165, 1.54) is 0 Å². The van der Waals surface area contributed by atoms with E-state index in [-0.39, 0.29) is 11.2 Å². The smallest absolute Gasteiger partial charge is 0.354 e. The van der Waals surface area contributed by atoms with Crippen molar-refractivity contribution in [3.63, 3.8) is 0 Å². The number of carboxylic acid groups (broad SMARTS) is 1. The Morgan fingerprint density at radius 1 is 1.40 bits per heavy atom. The van der Waals surface area contributed by atoms with E-state index < -0.39 is 5.97 Å². The number of nitrogens with zero attached hydrogens (tertiary/aromatic N) is 3. The van der Waals surface area contributed by atoms with Gasteiger partial charge in [-0.3, -0.25) is 4.40 Å². The molecule has 2 rings (SSSR count). The first-order valence-corrected chi connectivity index (χ1v) is 6.75. The lowest BCUT2D eigenvalue weighted by Crippen LogP contribution is -2.41. The second kappa shape index (κ2) is 4.81. The normalized spacial score (nSPS) is 11.8. The average molecular weight is 275 g/mol. The molecular formula is C15H21N3O2. The molecule has 0 radical (unpaired) electrons. The number of pyridine rings is 1. The third kappa shape index (κ3) is 2.35. The van der Waals surface area contributed by atoms with E-state index in [0.717, 1.165) is 12.2 Å². The van der Waals surface area contributed by atoms with E-state index in [1.807, 2.05) is 18.3 Å². The standard InChI is InChI=1S/C15H21N3O2/c1-6-18(15(3,4)5)11-7-8-12-16-10(2)13(14(19)20)17(12)9-11/h7-9H,6H2,1-5H3,(H,19,20). The predicted molar refractivity (Wildman–Crippen MR) is 79.7 cm³/mol. The lowest BCUT2D eigenvalue weighted by Gasteiger charge is -2.36. The van der Waals surface area contributed by atoms with Gasteiger partial charge in [0.1, 0.15) is 5.65 Å². The number of hydrogen-bond acceptors (Lipinski definition) is 3. The number of anilines is 1. The number of carboxylic acids is 1. The van der Waals surface area contributed by atoms with Crippen LogP contribution >= 0.6 is 0 Å². The molecule has 0 amide bonds. The lowest BCUT2D eigenvalue weighted by molar-refractivity contribution is 0.0688. The molecule has 0 spiro atoms. The highest BCUT2D eigenvalue weighted by Gasteiger charge is 2.22. The Labute approximate surface area is 118 Å². The van der Waals surface area contributed by atoms with Crippen LogP contribution in [0.2, 0.25) is 0 Å². The fourth-order valence-corrected chi connectivity index (χ4v) is 2.61.